The summed E-state index contributed by atoms with van der Waals surface area (Å²) in [7, 11) is 0. The van der Waals surface area contributed by atoms with Crippen LogP contribution in [0.5, 0.6) is 0 Å². The van der Waals surface area contributed by atoms with Gasteiger partial charge in [0.1, 0.15) is 11.5 Å². The average Bonchev–Trinajstić information content (AvgIpc) is 2.80. The molecular weight excluding hydrogens is 212 g/mol. The molecule has 0 fully saturated rings. The maximum absolute atomic E-state index is 11.3. The fourth-order valence-electron chi connectivity index (χ4n) is 1.96. The van der Waals surface area contributed by atoms with Crippen molar-refractivity contribution < 1.29 is 9.21 Å². The summed E-state index contributed by atoms with van der Waals surface area (Å²) in [4.78, 5) is 11.3. The number of ketones is 1. The van der Waals surface area contributed by atoms with Gasteiger partial charge < -0.3 is 4.42 Å². The van der Waals surface area contributed by atoms with Gasteiger partial charge in [-0.1, -0.05) is 29.8 Å². The van der Waals surface area contributed by atoms with Crippen LogP contribution in [0.25, 0.3) is 0 Å². The van der Waals surface area contributed by atoms with E-state index < -0.39 is 0 Å². The molecule has 0 spiro atoms. The van der Waals surface area contributed by atoms with Gasteiger partial charge in [0, 0.05) is 12.3 Å². The van der Waals surface area contributed by atoms with Gasteiger partial charge in [-0.3, -0.25) is 4.79 Å². The van der Waals surface area contributed by atoms with Crippen LogP contribution in [0.3, 0.4) is 0 Å². The van der Waals surface area contributed by atoms with Gasteiger partial charge in [-0.05, 0) is 31.5 Å². The molecule has 2 aromatic rings. The van der Waals surface area contributed by atoms with E-state index in [-0.39, 0.29) is 11.7 Å². The first-order valence-electron chi connectivity index (χ1n) is 5.76. The third-order valence-electron chi connectivity index (χ3n) is 2.86. The molecule has 0 aliphatic rings. The van der Waals surface area contributed by atoms with E-state index in [1.165, 1.54) is 5.56 Å². The third kappa shape index (κ3) is 2.84. The highest BCUT2D eigenvalue weighted by atomic mass is 16.3. The van der Waals surface area contributed by atoms with Gasteiger partial charge in [0.2, 0.25) is 0 Å². The topological polar surface area (TPSA) is 30.2 Å². The molecule has 1 aromatic heterocycles. The Morgan fingerprint density at radius 1 is 1.24 bits per heavy atom. The zero-order valence-corrected chi connectivity index (χ0v) is 10.1. The zero-order valence-electron chi connectivity index (χ0n) is 10.1. The lowest BCUT2D eigenvalue weighted by molar-refractivity contribution is -0.117. The Labute approximate surface area is 101 Å². The fraction of sp³-hybridized carbons (Fsp3) is 0.267. The minimum atomic E-state index is 0.0306. The Morgan fingerprint density at radius 2 is 1.94 bits per heavy atom. The molecule has 17 heavy (non-hydrogen) atoms. The van der Waals surface area contributed by atoms with Crippen LogP contribution in [0.15, 0.2) is 47.1 Å². The lowest BCUT2D eigenvalue weighted by Crippen LogP contribution is -2.05. The average molecular weight is 228 g/mol. The van der Waals surface area contributed by atoms with Crippen molar-refractivity contribution in [3.63, 3.8) is 0 Å². The Bertz CT molecular complexity index is 480. The molecule has 2 heteroatoms. The van der Waals surface area contributed by atoms with E-state index in [2.05, 4.69) is 31.2 Å². The van der Waals surface area contributed by atoms with E-state index in [9.17, 15) is 4.79 Å². The Morgan fingerprint density at radius 3 is 2.47 bits per heavy atom. The molecule has 1 unspecified atom stereocenters. The molecule has 0 aliphatic heterocycles. The van der Waals surface area contributed by atoms with Crippen molar-refractivity contribution in [2.24, 2.45) is 0 Å². The summed E-state index contributed by atoms with van der Waals surface area (Å²) in [6.45, 7) is 3.67. The second kappa shape index (κ2) is 5.00. The number of hydrogen-bond donors (Lipinski definition) is 0. The third-order valence-corrected chi connectivity index (χ3v) is 2.86. The lowest BCUT2D eigenvalue weighted by atomic mass is 9.91. The predicted molar refractivity (Wildman–Crippen MR) is 67.0 cm³/mol. The van der Waals surface area contributed by atoms with E-state index >= 15 is 0 Å². The smallest absolute Gasteiger partial charge is 0.130 e. The molecule has 1 atom stereocenters. The van der Waals surface area contributed by atoms with Crippen LogP contribution in [-0.4, -0.2) is 5.78 Å². The summed E-state index contributed by atoms with van der Waals surface area (Å²) in [5, 5.41) is 0. The van der Waals surface area contributed by atoms with Gasteiger partial charge >= 0.3 is 0 Å². The normalized spacial score (nSPS) is 12.4. The quantitative estimate of drug-likeness (QED) is 0.798. The number of Topliss-reactive ketones (excluding diaryl/α,β-unsaturated/α-hetero) is 1. The molecule has 2 rings (SSSR count). The van der Waals surface area contributed by atoms with Crippen molar-refractivity contribution >= 4 is 5.78 Å². The largest absolute Gasteiger partial charge is 0.469 e. The van der Waals surface area contributed by atoms with Crippen LogP contribution in [0.1, 0.15) is 36.1 Å². The molecule has 0 bridgehead atoms. The molecule has 2 nitrogen and oxygen atoms in total. The Kier molecular flexibility index (Phi) is 3.43. The molecule has 1 heterocycles. The van der Waals surface area contributed by atoms with Gasteiger partial charge in [0.05, 0.1) is 6.26 Å². The van der Waals surface area contributed by atoms with E-state index in [1.54, 1.807) is 13.2 Å². The minimum Gasteiger partial charge on any atom is -0.469 e. The van der Waals surface area contributed by atoms with Gasteiger partial charge in [-0.25, -0.2) is 0 Å². The van der Waals surface area contributed by atoms with E-state index in [4.69, 9.17) is 4.42 Å². The first-order chi connectivity index (χ1) is 8.16. The number of rotatable bonds is 4. The maximum Gasteiger partial charge on any atom is 0.130 e. The number of hydrogen-bond acceptors (Lipinski definition) is 2. The van der Waals surface area contributed by atoms with Crippen molar-refractivity contribution in [2.75, 3.05) is 0 Å². The second-order valence-corrected chi connectivity index (χ2v) is 4.38. The number of benzene rings is 1. The molecule has 0 radical (unpaired) electrons. The molecule has 0 amide bonds. The van der Waals surface area contributed by atoms with Crippen molar-refractivity contribution in [1.29, 1.82) is 0 Å². The van der Waals surface area contributed by atoms with Crippen molar-refractivity contribution in [2.45, 2.75) is 26.2 Å². The zero-order chi connectivity index (χ0) is 12.3. The summed E-state index contributed by atoms with van der Waals surface area (Å²) >= 11 is 0. The Hall–Kier alpha value is -1.83. The van der Waals surface area contributed by atoms with Crippen LogP contribution < -0.4 is 0 Å². The van der Waals surface area contributed by atoms with Crippen LogP contribution in [-0.2, 0) is 4.79 Å². The number of carbonyl (C=O) groups excluding carboxylic acids is 1. The maximum atomic E-state index is 11.3. The second-order valence-electron chi connectivity index (χ2n) is 4.38. The standard InChI is InChI=1S/C15H16O2/c1-11-5-7-13(8-6-11)14(10-12(2)16)15-4-3-9-17-15/h3-9,14H,10H2,1-2H3. The van der Waals surface area contributed by atoms with E-state index in [0.29, 0.717) is 6.42 Å². The van der Waals surface area contributed by atoms with Gasteiger partial charge in [-0.2, -0.15) is 0 Å². The highest BCUT2D eigenvalue weighted by Crippen LogP contribution is 2.28. The molecule has 0 saturated carbocycles. The van der Waals surface area contributed by atoms with Gasteiger partial charge in [0.15, 0.2) is 0 Å². The number of aryl methyl sites for hydroxylation is 1. The SMILES string of the molecule is CC(=O)CC(c1ccc(C)cc1)c1ccco1. The van der Waals surface area contributed by atoms with Crippen molar-refractivity contribution in [3.05, 3.63) is 59.5 Å². The summed E-state index contributed by atoms with van der Waals surface area (Å²) < 4.78 is 5.43. The molecular formula is C15H16O2. The first kappa shape index (κ1) is 11.6. The minimum absolute atomic E-state index is 0.0306. The van der Waals surface area contributed by atoms with Crippen molar-refractivity contribution in [3.8, 4) is 0 Å². The summed E-state index contributed by atoms with van der Waals surface area (Å²) in [6.07, 6.45) is 2.13. The molecule has 88 valence electrons. The van der Waals surface area contributed by atoms with Crippen molar-refractivity contribution in [1.82, 2.24) is 0 Å². The van der Waals surface area contributed by atoms with Crippen LogP contribution in [0.2, 0.25) is 0 Å². The molecule has 0 aliphatic carbocycles. The predicted octanol–water partition coefficient (Wildman–Crippen LogP) is 3.70. The monoisotopic (exact) mass is 228 g/mol. The highest BCUT2D eigenvalue weighted by Gasteiger charge is 2.18. The summed E-state index contributed by atoms with van der Waals surface area (Å²) in [6, 6.07) is 12.0. The Balaban J connectivity index is 2.33. The number of carbonyl (C=O) groups is 1. The molecule has 0 N–H and O–H groups in total. The summed E-state index contributed by atoms with van der Waals surface area (Å²) in [5.41, 5.74) is 2.34. The van der Waals surface area contributed by atoms with Crippen LogP contribution in [0.4, 0.5) is 0 Å². The van der Waals surface area contributed by atoms with E-state index in [0.717, 1.165) is 11.3 Å². The number of furan rings is 1. The van der Waals surface area contributed by atoms with Gasteiger partial charge in [0.25, 0.3) is 0 Å². The van der Waals surface area contributed by atoms with Gasteiger partial charge in [-0.15, -0.1) is 0 Å². The lowest BCUT2D eigenvalue weighted by Gasteiger charge is -2.13. The molecule has 1 aromatic carbocycles. The van der Waals surface area contributed by atoms with Crippen LogP contribution >= 0.6 is 0 Å². The van der Waals surface area contributed by atoms with Crippen LogP contribution in [0, 0.1) is 6.92 Å². The summed E-state index contributed by atoms with van der Waals surface area (Å²) in [5.74, 6) is 1.05. The highest BCUT2D eigenvalue weighted by molar-refractivity contribution is 5.77. The fourth-order valence-corrected chi connectivity index (χ4v) is 1.96. The first-order valence-corrected chi connectivity index (χ1v) is 5.76. The molecule has 0 saturated heterocycles. The van der Waals surface area contributed by atoms with E-state index in [1.807, 2.05) is 12.1 Å².